The van der Waals surface area contributed by atoms with Crippen molar-refractivity contribution in [3.8, 4) is 5.75 Å². The lowest BCUT2D eigenvalue weighted by molar-refractivity contribution is -0.127. The lowest BCUT2D eigenvalue weighted by Crippen LogP contribution is -2.36. The van der Waals surface area contributed by atoms with Crippen LogP contribution in [0.1, 0.15) is 29.2 Å². The number of rotatable bonds is 7. The molecule has 1 aliphatic heterocycles. The topological polar surface area (TPSA) is 50.8 Å². The quantitative estimate of drug-likeness (QED) is 0.799. The van der Waals surface area contributed by atoms with Gasteiger partial charge in [-0.25, -0.2) is 0 Å². The molecule has 3 rings (SSSR count). The predicted molar refractivity (Wildman–Crippen MR) is 110 cm³/mol. The Labute approximate surface area is 167 Å². The minimum Gasteiger partial charge on any atom is -0.481 e. The van der Waals surface area contributed by atoms with Crippen LogP contribution in [0.2, 0.25) is 0 Å². The number of nitrogens with zero attached hydrogens (tertiary/aromatic N) is 1. The molecule has 0 unspecified atom stereocenters. The zero-order valence-corrected chi connectivity index (χ0v) is 17.0. The summed E-state index contributed by atoms with van der Waals surface area (Å²) in [4.78, 5) is 14.8. The van der Waals surface area contributed by atoms with Gasteiger partial charge in [0.1, 0.15) is 5.75 Å². The summed E-state index contributed by atoms with van der Waals surface area (Å²) in [6, 6.07) is 14.3. The number of nitrogens with one attached hydrogen (secondary N) is 1. The average molecular weight is 383 g/mol. The van der Waals surface area contributed by atoms with E-state index in [1.807, 2.05) is 37.3 Å². The van der Waals surface area contributed by atoms with Crippen molar-refractivity contribution in [1.29, 1.82) is 0 Å². The molecule has 0 aliphatic carbocycles. The summed E-state index contributed by atoms with van der Waals surface area (Å²) < 4.78 is 11.2. The van der Waals surface area contributed by atoms with E-state index in [9.17, 15) is 4.79 Å². The smallest absolute Gasteiger partial charge is 0.261 e. The maximum absolute atomic E-state index is 12.4. The molecule has 0 spiro atoms. The molecule has 1 heterocycles. The molecule has 0 aromatic heterocycles. The number of hydrogen-bond donors (Lipinski definition) is 1. The second-order valence-electron chi connectivity index (χ2n) is 7.43. The van der Waals surface area contributed by atoms with Gasteiger partial charge in [-0.05, 0) is 55.2 Å². The Morgan fingerprint density at radius 1 is 1.11 bits per heavy atom. The Morgan fingerprint density at radius 3 is 2.61 bits per heavy atom. The molecule has 0 radical (unpaired) electrons. The molecule has 1 aliphatic rings. The highest BCUT2D eigenvalue weighted by molar-refractivity contribution is 5.80. The lowest BCUT2D eigenvalue weighted by atomic mass is 10.1. The van der Waals surface area contributed by atoms with Crippen LogP contribution >= 0.6 is 0 Å². The summed E-state index contributed by atoms with van der Waals surface area (Å²) in [6.45, 7) is 10.8. The average Bonchev–Trinajstić information content (AvgIpc) is 2.70. The first-order valence-corrected chi connectivity index (χ1v) is 9.91. The third-order valence-corrected chi connectivity index (χ3v) is 5.13. The molecule has 1 fully saturated rings. The Balaban J connectivity index is 1.50. The van der Waals surface area contributed by atoms with Crippen molar-refractivity contribution >= 4 is 5.91 Å². The van der Waals surface area contributed by atoms with E-state index in [2.05, 4.69) is 29.3 Å². The summed E-state index contributed by atoms with van der Waals surface area (Å²) in [7, 11) is 0. The highest BCUT2D eigenvalue weighted by Crippen LogP contribution is 2.18. The van der Waals surface area contributed by atoms with Crippen LogP contribution in [0.15, 0.2) is 42.5 Å². The van der Waals surface area contributed by atoms with Crippen LogP contribution < -0.4 is 10.1 Å². The zero-order valence-electron chi connectivity index (χ0n) is 17.0. The monoisotopic (exact) mass is 382 g/mol. The van der Waals surface area contributed by atoms with Crippen LogP contribution in [-0.2, 0) is 22.6 Å². The number of carbonyl (C=O) groups is 1. The first kappa shape index (κ1) is 20.4. The van der Waals surface area contributed by atoms with Gasteiger partial charge < -0.3 is 14.8 Å². The molecular weight excluding hydrogens is 352 g/mol. The number of hydrogen-bond acceptors (Lipinski definition) is 4. The number of benzene rings is 2. The van der Waals surface area contributed by atoms with Gasteiger partial charge in [-0.1, -0.05) is 30.3 Å². The second kappa shape index (κ2) is 9.71. The van der Waals surface area contributed by atoms with Crippen LogP contribution in [0.25, 0.3) is 0 Å². The third kappa shape index (κ3) is 5.81. The molecule has 2 aromatic carbocycles. The van der Waals surface area contributed by atoms with Crippen molar-refractivity contribution in [2.45, 2.75) is 40.0 Å². The Bertz CT molecular complexity index is 800. The molecule has 28 heavy (non-hydrogen) atoms. The first-order chi connectivity index (χ1) is 13.5. The van der Waals surface area contributed by atoms with Crippen molar-refractivity contribution in [2.24, 2.45) is 0 Å². The molecule has 2 aromatic rings. The van der Waals surface area contributed by atoms with Gasteiger partial charge in [-0.3, -0.25) is 9.69 Å². The number of aryl methyl sites for hydroxylation is 2. The van der Waals surface area contributed by atoms with E-state index in [4.69, 9.17) is 9.47 Å². The maximum atomic E-state index is 12.4. The van der Waals surface area contributed by atoms with Crippen molar-refractivity contribution in [3.05, 3.63) is 64.7 Å². The highest BCUT2D eigenvalue weighted by Gasteiger charge is 2.15. The van der Waals surface area contributed by atoms with E-state index < -0.39 is 6.10 Å². The van der Waals surface area contributed by atoms with Crippen LogP contribution in [0.4, 0.5) is 0 Å². The minimum absolute atomic E-state index is 0.114. The Morgan fingerprint density at radius 2 is 1.86 bits per heavy atom. The number of morpholine rings is 1. The first-order valence-electron chi connectivity index (χ1n) is 9.91. The van der Waals surface area contributed by atoms with Crippen LogP contribution in [-0.4, -0.2) is 43.2 Å². The summed E-state index contributed by atoms with van der Waals surface area (Å²) in [5.74, 6) is 0.607. The minimum atomic E-state index is -0.543. The van der Waals surface area contributed by atoms with Crippen LogP contribution in [0.3, 0.4) is 0 Å². The van der Waals surface area contributed by atoms with Crippen molar-refractivity contribution < 1.29 is 14.3 Å². The second-order valence-corrected chi connectivity index (χ2v) is 7.43. The van der Waals surface area contributed by atoms with E-state index in [0.717, 1.165) is 49.7 Å². The normalized spacial score (nSPS) is 15.8. The van der Waals surface area contributed by atoms with Crippen molar-refractivity contribution in [2.75, 3.05) is 26.3 Å². The molecular formula is C23H30N2O3. The maximum Gasteiger partial charge on any atom is 0.261 e. The molecule has 0 bridgehead atoms. The summed E-state index contributed by atoms with van der Waals surface area (Å²) in [5, 5.41) is 2.98. The molecule has 150 valence electrons. The molecule has 5 nitrogen and oxygen atoms in total. The van der Waals surface area contributed by atoms with E-state index in [1.165, 1.54) is 11.1 Å². The van der Waals surface area contributed by atoms with E-state index in [1.54, 1.807) is 6.92 Å². The van der Waals surface area contributed by atoms with Crippen molar-refractivity contribution in [1.82, 2.24) is 10.2 Å². The summed E-state index contributed by atoms with van der Waals surface area (Å²) >= 11 is 0. The summed E-state index contributed by atoms with van der Waals surface area (Å²) in [6.07, 6.45) is -0.543. The van der Waals surface area contributed by atoms with Crippen LogP contribution in [0, 0.1) is 13.8 Å². The van der Waals surface area contributed by atoms with Gasteiger partial charge in [0.2, 0.25) is 0 Å². The van der Waals surface area contributed by atoms with Crippen molar-refractivity contribution in [3.63, 3.8) is 0 Å². The standard InChI is InChI=1S/C23H30N2O3/c1-17-7-8-22(13-18(17)2)28-19(3)23(26)24-15-20-5-4-6-21(14-20)16-25-9-11-27-12-10-25/h4-8,13-14,19H,9-12,15-16H2,1-3H3,(H,24,26)/t19-/m1/s1. The summed E-state index contributed by atoms with van der Waals surface area (Å²) in [5.41, 5.74) is 4.72. The van der Waals surface area contributed by atoms with Gasteiger partial charge in [0, 0.05) is 26.2 Å². The molecule has 1 saturated heterocycles. The number of ether oxygens (including phenoxy) is 2. The van der Waals surface area contributed by atoms with Gasteiger partial charge in [-0.15, -0.1) is 0 Å². The third-order valence-electron chi connectivity index (χ3n) is 5.13. The van der Waals surface area contributed by atoms with E-state index >= 15 is 0 Å². The zero-order chi connectivity index (χ0) is 19.9. The highest BCUT2D eigenvalue weighted by atomic mass is 16.5. The SMILES string of the molecule is Cc1ccc(O[C@H](C)C(=O)NCc2cccc(CN3CCOCC3)c2)cc1C. The van der Waals surface area contributed by atoms with Gasteiger partial charge in [0.05, 0.1) is 13.2 Å². The number of amides is 1. The van der Waals surface area contributed by atoms with Crippen LogP contribution in [0.5, 0.6) is 5.75 Å². The Kier molecular flexibility index (Phi) is 7.06. The fourth-order valence-electron chi connectivity index (χ4n) is 3.23. The molecule has 0 saturated carbocycles. The lowest BCUT2D eigenvalue weighted by Gasteiger charge is -2.26. The fourth-order valence-corrected chi connectivity index (χ4v) is 3.23. The molecule has 1 atom stereocenters. The van der Waals surface area contributed by atoms with Gasteiger partial charge in [0.15, 0.2) is 6.10 Å². The van der Waals surface area contributed by atoms with Gasteiger partial charge >= 0.3 is 0 Å². The number of carbonyl (C=O) groups excluding carboxylic acids is 1. The van der Waals surface area contributed by atoms with Gasteiger partial charge in [0.25, 0.3) is 5.91 Å². The van der Waals surface area contributed by atoms with E-state index in [0.29, 0.717) is 6.54 Å². The predicted octanol–water partition coefficient (Wildman–Crippen LogP) is 3.22. The van der Waals surface area contributed by atoms with E-state index in [-0.39, 0.29) is 5.91 Å². The molecule has 1 amide bonds. The Hall–Kier alpha value is -2.37. The fraction of sp³-hybridized carbons (Fsp3) is 0.435. The largest absolute Gasteiger partial charge is 0.481 e. The molecule has 1 N–H and O–H groups in total. The molecule has 5 heteroatoms. The van der Waals surface area contributed by atoms with Gasteiger partial charge in [-0.2, -0.15) is 0 Å².